The number of hydrogen-bond acceptors (Lipinski definition) is 2. The predicted octanol–water partition coefficient (Wildman–Crippen LogP) is 5.81. The smallest absolute Gasteiger partial charge is 0.243 e. The van der Waals surface area contributed by atoms with E-state index >= 15 is 0 Å². The van der Waals surface area contributed by atoms with Crippen molar-refractivity contribution in [2.24, 2.45) is 0 Å². The molecule has 0 aliphatic carbocycles. The summed E-state index contributed by atoms with van der Waals surface area (Å²) in [6, 6.07) is 11.2. The maximum atomic E-state index is 13.2. The molecule has 0 fully saturated rings. The predicted molar refractivity (Wildman–Crippen MR) is 81.9 cm³/mol. The van der Waals surface area contributed by atoms with Crippen LogP contribution in [0.4, 0.5) is 26.3 Å². The summed E-state index contributed by atoms with van der Waals surface area (Å²) in [6.45, 7) is 0. The molecule has 2 nitrogen and oxygen atoms in total. The second-order valence-electron chi connectivity index (χ2n) is 5.44. The van der Waals surface area contributed by atoms with Crippen molar-refractivity contribution in [1.82, 2.24) is 4.98 Å². The molecule has 26 heavy (non-hydrogen) atoms. The van der Waals surface area contributed by atoms with Gasteiger partial charge in [0, 0.05) is 5.39 Å². The molecule has 0 bridgehead atoms. The molecule has 0 saturated heterocycles. The van der Waals surface area contributed by atoms with Crippen LogP contribution in [0.5, 0.6) is 0 Å². The minimum Gasteiger partial charge on any atom is -0.243 e. The maximum absolute atomic E-state index is 13.2. The molecule has 0 atom stereocenters. The summed E-state index contributed by atoms with van der Waals surface area (Å²) in [6.07, 6.45) is -9.76. The first-order valence-corrected chi connectivity index (χ1v) is 7.20. The van der Waals surface area contributed by atoms with Crippen LogP contribution in [0.3, 0.4) is 0 Å². The van der Waals surface area contributed by atoms with E-state index in [0.717, 1.165) is 6.07 Å². The van der Waals surface area contributed by atoms with Crippen molar-refractivity contribution in [1.29, 1.82) is 5.26 Å². The quantitative estimate of drug-likeness (QED) is 0.510. The normalized spacial score (nSPS) is 12.2. The van der Waals surface area contributed by atoms with E-state index in [9.17, 15) is 26.3 Å². The summed E-state index contributed by atoms with van der Waals surface area (Å²) < 4.78 is 79.2. The van der Waals surface area contributed by atoms with Gasteiger partial charge >= 0.3 is 12.4 Å². The molecule has 0 spiro atoms. The Hall–Kier alpha value is -3.08. The third-order valence-electron chi connectivity index (χ3n) is 3.76. The van der Waals surface area contributed by atoms with Crippen molar-refractivity contribution in [3.63, 3.8) is 0 Å². The third kappa shape index (κ3) is 3.20. The van der Waals surface area contributed by atoms with E-state index in [1.807, 2.05) is 6.07 Å². The molecule has 0 radical (unpaired) electrons. The van der Waals surface area contributed by atoms with E-state index in [1.54, 1.807) is 0 Å². The Morgan fingerprint density at radius 3 is 2.04 bits per heavy atom. The van der Waals surface area contributed by atoms with Crippen LogP contribution >= 0.6 is 0 Å². The highest BCUT2D eigenvalue weighted by molar-refractivity contribution is 5.96. The van der Waals surface area contributed by atoms with Crippen LogP contribution in [0.2, 0.25) is 0 Å². The number of nitriles is 1. The Balaban J connectivity index is 2.39. The fourth-order valence-corrected chi connectivity index (χ4v) is 2.59. The zero-order chi connectivity index (χ0) is 19.1. The summed E-state index contributed by atoms with van der Waals surface area (Å²) in [5, 5.41) is 8.76. The lowest BCUT2D eigenvalue weighted by molar-refractivity contribution is -0.142. The van der Waals surface area contributed by atoms with Crippen molar-refractivity contribution in [3.05, 3.63) is 65.4 Å². The zero-order valence-corrected chi connectivity index (χ0v) is 12.8. The van der Waals surface area contributed by atoms with Crippen LogP contribution in [0, 0.1) is 11.3 Å². The van der Waals surface area contributed by atoms with Gasteiger partial charge in [-0.05, 0) is 35.4 Å². The number of alkyl halides is 6. The van der Waals surface area contributed by atoms with Gasteiger partial charge in [-0.25, -0.2) is 4.98 Å². The second kappa shape index (κ2) is 6.02. The van der Waals surface area contributed by atoms with Crippen LogP contribution in [-0.4, -0.2) is 4.98 Å². The number of hydrogen-bond donors (Lipinski definition) is 0. The van der Waals surface area contributed by atoms with E-state index in [4.69, 9.17) is 5.26 Å². The van der Waals surface area contributed by atoms with Crippen LogP contribution in [0.25, 0.3) is 22.0 Å². The summed E-state index contributed by atoms with van der Waals surface area (Å²) in [5.41, 5.74) is -2.94. The Morgan fingerprint density at radius 2 is 1.50 bits per heavy atom. The van der Waals surface area contributed by atoms with E-state index in [1.165, 1.54) is 30.3 Å². The Morgan fingerprint density at radius 1 is 0.846 bits per heavy atom. The van der Waals surface area contributed by atoms with Gasteiger partial charge < -0.3 is 0 Å². The molecule has 8 heteroatoms. The Kier molecular flexibility index (Phi) is 4.11. The highest BCUT2D eigenvalue weighted by atomic mass is 19.4. The van der Waals surface area contributed by atoms with Crippen molar-refractivity contribution in [2.45, 2.75) is 12.4 Å². The van der Waals surface area contributed by atoms with E-state index < -0.39 is 29.1 Å². The van der Waals surface area contributed by atoms with Crippen molar-refractivity contribution in [2.75, 3.05) is 0 Å². The molecular formula is C18H8F6N2. The van der Waals surface area contributed by atoms with Crippen LogP contribution in [-0.2, 0) is 12.4 Å². The van der Waals surface area contributed by atoms with Gasteiger partial charge in [-0.2, -0.15) is 31.6 Å². The molecule has 0 unspecified atom stereocenters. The first kappa shape index (κ1) is 17.7. The summed E-state index contributed by atoms with van der Waals surface area (Å²) in [7, 11) is 0. The average molecular weight is 366 g/mol. The highest BCUT2D eigenvalue weighted by Gasteiger charge is 2.37. The van der Waals surface area contributed by atoms with Gasteiger partial charge in [-0.1, -0.05) is 24.3 Å². The molecule has 0 saturated carbocycles. The molecule has 3 rings (SSSR count). The minimum atomic E-state index is -4.91. The van der Waals surface area contributed by atoms with Gasteiger partial charge in [0.25, 0.3) is 0 Å². The maximum Gasteiger partial charge on any atom is 0.433 e. The number of rotatable bonds is 1. The van der Waals surface area contributed by atoms with Gasteiger partial charge in [-0.15, -0.1) is 0 Å². The lowest BCUT2D eigenvalue weighted by Crippen LogP contribution is -2.12. The van der Waals surface area contributed by atoms with Gasteiger partial charge in [0.05, 0.1) is 22.7 Å². The first-order chi connectivity index (χ1) is 12.1. The molecular weight excluding hydrogens is 358 g/mol. The molecule has 132 valence electrons. The molecule has 0 amide bonds. The monoisotopic (exact) mass is 366 g/mol. The fraction of sp³-hybridized carbons (Fsp3) is 0.111. The molecule has 3 aromatic rings. The zero-order valence-electron chi connectivity index (χ0n) is 12.8. The van der Waals surface area contributed by atoms with Crippen molar-refractivity contribution < 1.29 is 26.3 Å². The Labute approximate surface area is 143 Å². The lowest BCUT2D eigenvalue weighted by atomic mass is 9.97. The number of aromatic nitrogens is 1. The van der Waals surface area contributed by atoms with E-state index in [0.29, 0.717) is 12.1 Å². The topological polar surface area (TPSA) is 36.7 Å². The summed E-state index contributed by atoms with van der Waals surface area (Å²) in [4.78, 5) is 3.24. The summed E-state index contributed by atoms with van der Waals surface area (Å²) in [5.74, 6) is 0. The highest BCUT2D eigenvalue weighted by Crippen LogP contribution is 2.40. The third-order valence-corrected chi connectivity index (χ3v) is 3.76. The second-order valence-corrected chi connectivity index (χ2v) is 5.44. The number of para-hydroxylation sites is 1. The van der Waals surface area contributed by atoms with E-state index in [-0.39, 0.29) is 22.1 Å². The first-order valence-electron chi connectivity index (χ1n) is 7.20. The van der Waals surface area contributed by atoms with Crippen LogP contribution in [0.15, 0.2) is 48.5 Å². The molecule has 1 aromatic heterocycles. The number of pyridine rings is 1. The standard InChI is InChI=1S/C18H8F6N2/c19-17(20,21)14-3-1-2-12-13(11-6-4-10(9-25)5-7-11)8-15(18(22,23)24)26-16(12)14/h1-8H. The minimum absolute atomic E-state index is 0.0436. The lowest BCUT2D eigenvalue weighted by Gasteiger charge is -2.15. The van der Waals surface area contributed by atoms with Gasteiger partial charge in [0.15, 0.2) is 0 Å². The fourth-order valence-electron chi connectivity index (χ4n) is 2.59. The SMILES string of the molecule is N#Cc1ccc(-c2cc(C(F)(F)F)nc3c(C(F)(F)F)cccc23)cc1. The molecule has 2 aromatic carbocycles. The van der Waals surface area contributed by atoms with Crippen molar-refractivity contribution in [3.8, 4) is 17.2 Å². The molecule has 0 aliphatic rings. The number of halogens is 6. The largest absolute Gasteiger partial charge is 0.433 e. The number of fused-ring (bicyclic) bond motifs is 1. The Bertz CT molecular complexity index is 1010. The van der Waals surface area contributed by atoms with Gasteiger partial charge in [0.1, 0.15) is 5.69 Å². The molecule has 0 N–H and O–H groups in total. The van der Waals surface area contributed by atoms with Gasteiger partial charge in [-0.3, -0.25) is 0 Å². The van der Waals surface area contributed by atoms with Gasteiger partial charge in [0.2, 0.25) is 0 Å². The molecule has 1 heterocycles. The average Bonchev–Trinajstić information content (AvgIpc) is 2.58. The van der Waals surface area contributed by atoms with E-state index in [2.05, 4.69) is 4.98 Å². The summed E-state index contributed by atoms with van der Waals surface area (Å²) >= 11 is 0. The molecule has 0 aliphatic heterocycles. The number of benzene rings is 2. The van der Waals surface area contributed by atoms with Crippen LogP contribution < -0.4 is 0 Å². The number of nitrogens with zero attached hydrogens (tertiary/aromatic N) is 2. The van der Waals surface area contributed by atoms with Crippen LogP contribution in [0.1, 0.15) is 16.8 Å². The van der Waals surface area contributed by atoms with Crippen molar-refractivity contribution >= 4 is 10.9 Å².